The fourth-order valence-electron chi connectivity index (χ4n) is 4.27. The Hall–Kier alpha value is -2.38. The lowest BCUT2D eigenvalue weighted by Crippen LogP contribution is -2.26. The van der Waals surface area contributed by atoms with Crippen LogP contribution in [0.15, 0.2) is 60.7 Å². The fourth-order valence-corrected chi connectivity index (χ4v) is 4.27. The Morgan fingerprint density at radius 2 is 1.15 bits per heavy atom. The summed E-state index contributed by atoms with van der Waals surface area (Å²) in [6, 6.07) is 21.0. The molecule has 3 aromatic carbocycles. The monoisotopic (exact) mass is 342 g/mol. The molecule has 1 nitrogen and oxygen atoms in total. The van der Waals surface area contributed by atoms with E-state index < -0.39 is 5.60 Å². The van der Waals surface area contributed by atoms with Crippen molar-refractivity contribution in [3.63, 3.8) is 0 Å². The molecule has 0 heterocycles. The third kappa shape index (κ3) is 2.27. The summed E-state index contributed by atoms with van der Waals surface area (Å²) >= 11 is 0. The van der Waals surface area contributed by atoms with Crippen LogP contribution < -0.4 is 0 Å². The van der Waals surface area contributed by atoms with Gasteiger partial charge in [0.25, 0.3) is 0 Å². The third-order valence-corrected chi connectivity index (χ3v) is 5.74. The van der Waals surface area contributed by atoms with E-state index in [-0.39, 0.29) is 5.41 Å². The average molecular weight is 342 g/mol. The quantitative estimate of drug-likeness (QED) is 0.587. The van der Waals surface area contributed by atoms with E-state index in [1.165, 1.54) is 27.8 Å². The largest absolute Gasteiger partial charge is 0.376 e. The molecule has 0 amide bonds. The molecule has 0 atom stereocenters. The molecule has 132 valence electrons. The van der Waals surface area contributed by atoms with Gasteiger partial charge in [-0.2, -0.15) is 0 Å². The molecule has 0 spiro atoms. The molecule has 26 heavy (non-hydrogen) atoms. The van der Waals surface area contributed by atoms with Gasteiger partial charge in [0.2, 0.25) is 0 Å². The predicted molar refractivity (Wildman–Crippen MR) is 109 cm³/mol. The Kier molecular flexibility index (Phi) is 3.65. The van der Waals surface area contributed by atoms with Crippen LogP contribution >= 0.6 is 0 Å². The second kappa shape index (κ2) is 5.56. The Morgan fingerprint density at radius 3 is 1.58 bits per heavy atom. The van der Waals surface area contributed by atoms with Crippen molar-refractivity contribution in [1.82, 2.24) is 0 Å². The summed E-state index contributed by atoms with van der Waals surface area (Å²) in [5.41, 5.74) is 7.97. The molecule has 1 N–H and O–H groups in total. The fraction of sp³-hybridized carbons (Fsp3) is 0.280. The highest BCUT2D eigenvalue weighted by Crippen LogP contribution is 2.53. The standard InChI is InChI=1S/C25H26O/c1-16-8-6-10-20-22(16)23-17(2)9-7-11-21(23)25(20,26)19-14-12-18(13-15-19)24(3,4)5/h6-15,26H,1-5H3. The number of aliphatic hydroxyl groups is 1. The van der Waals surface area contributed by atoms with Crippen LogP contribution in [0.2, 0.25) is 0 Å². The minimum absolute atomic E-state index is 0.0970. The Morgan fingerprint density at radius 1 is 0.692 bits per heavy atom. The normalized spacial score (nSPS) is 14.8. The lowest BCUT2D eigenvalue weighted by atomic mass is 9.81. The number of rotatable bonds is 1. The summed E-state index contributed by atoms with van der Waals surface area (Å²) in [4.78, 5) is 0. The molecule has 0 saturated carbocycles. The number of fused-ring (bicyclic) bond motifs is 3. The van der Waals surface area contributed by atoms with Crippen LogP contribution in [0.5, 0.6) is 0 Å². The van der Waals surface area contributed by atoms with Gasteiger partial charge in [-0.25, -0.2) is 0 Å². The van der Waals surface area contributed by atoms with Crippen LogP contribution in [0.25, 0.3) is 11.1 Å². The maximum Gasteiger partial charge on any atom is 0.141 e. The van der Waals surface area contributed by atoms with E-state index in [2.05, 4.69) is 83.1 Å². The van der Waals surface area contributed by atoms with E-state index in [1.807, 2.05) is 12.1 Å². The van der Waals surface area contributed by atoms with Gasteiger partial charge in [0.15, 0.2) is 0 Å². The number of hydrogen-bond donors (Lipinski definition) is 1. The Labute approximate surface area is 156 Å². The number of benzene rings is 3. The van der Waals surface area contributed by atoms with E-state index in [1.54, 1.807) is 0 Å². The Bertz CT molecular complexity index is 936. The molecule has 1 aliphatic rings. The van der Waals surface area contributed by atoms with E-state index >= 15 is 0 Å². The highest BCUT2D eigenvalue weighted by molar-refractivity contribution is 5.86. The highest BCUT2D eigenvalue weighted by Gasteiger charge is 2.44. The van der Waals surface area contributed by atoms with Crippen LogP contribution in [-0.4, -0.2) is 5.11 Å². The molecule has 0 bridgehead atoms. The van der Waals surface area contributed by atoms with Gasteiger partial charge in [-0.05, 0) is 52.6 Å². The van der Waals surface area contributed by atoms with Gasteiger partial charge in [-0.1, -0.05) is 81.4 Å². The van der Waals surface area contributed by atoms with Crippen LogP contribution in [0.4, 0.5) is 0 Å². The zero-order valence-corrected chi connectivity index (χ0v) is 16.2. The molecule has 1 heteroatoms. The second-order valence-corrected chi connectivity index (χ2v) is 8.53. The van der Waals surface area contributed by atoms with Crippen molar-refractivity contribution in [1.29, 1.82) is 0 Å². The van der Waals surface area contributed by atoms with Crippen molar-refractivity contribution in [2.75, 3.05) is 0 Å². The summed E-state index contributed by atoms with van der Waals surface area (Å²) in [6.07, 6.45) is 0. The van der Waals surface area contributed by atoms with Crippen molar-refractivity contribution >= 4 is 0 Å². The van der Waals surface area contributed by atoms with Crippen molar-refractivity contribution < 1.29 is 5.11 Å². The van der Waals surface area contributed by atoms with Crippen LogP contribution in [0.1, 0.15) is 54.2 Å². The van der Waals surface area contributed by atoms with Gasteiger partial charge >= 0.3 is 0 Å². The first-order valence-electron chi connectivity index (χ1n) is 9.28. The van der Waals surface area contributed by atoms with E-state index in [0.29, 0.717) is 0 Å². The smallest absolute Gasteiger partial charge is 0.141 e. The van der Waals surface area contributed by atoms with Gasteiger partial charge < -0.3 is 5.11 Å². The molecule has 0 aromatic heterocycles. The third-order valence-electron chi connectivity index (χ3n) is 5.74. The maximum absolute atomic E-state index is 12.0. The molecule has 3 aromatic rings. The highest BCUT2D eigenvalue weighted by atomic mass is 16.3. The predicted octanol–water partition coefficient (Wildman–Crippen LogP) is 5.87. The van der Waals surface area contributed by atoms with Gasteiger partial charge in [0.05, 0.1) is 0 Å². The first-order chi connectivity index (χ1) is 12.2. The molecule has 0 aliphatic heterocycles. The topological polar surface area (TPSA) is 20.2 Å². The zero-order chi connectivity index (χ0) is 18.7. The molecular formula is C25H26O. The second-order valence-electron chi connectivity index (χ2n) is 8.53. The van der Waals surface area contributed by atoms with Crippen molar-refractivity contribution in [2.45, 2.75) is 45.6 Å². The molecule has 0 unspecified atom stereocenters. The first kappa shape index (κ1) is 17.1. The molecule has 0 radical (unpaired) electrons. The van der Waals surface area contributed by atoms with E-state index in [4.69, 9.17) is 0 Å². The van der Waals surface area contributed by atoms with Gasteiger partial charge in [0, 0.05) is 11.1 Å². The van der Waals surface area contributed by atoms with Gasteiger partial charge in [0.1, 0.15) is 5.60 Å². The summed E-state index contributed by atoms with van der Waals surface area (Å²) in [7, 11) is 0. The number of aryl methyl sites for hydroxylation is 2. The number of hydrogen-bond acceptors (Lipinski definition) is 1. The maximum atomic E-state index is 12.0. The van der Waals surface area contributed by atoms with Crippen molar-refractivity contribution in [3.8, 4) is 11.1 Å². The van der Waals surface area contributed by atoms with Crippen LogP contribution in [0, 0.1) is 13.8 Å². The Balaban J connectivity index is 2.00. The molecule has 0 fully saturated rings. The molecule has 1 aliphatic carbocycles. The van der Waals surface area contributed by atoms with E-state index in [9.17, 15) is 5.11 Å². The summed E-state index contributed by atoms with van der Waals surface area (Å²) in [5, 5.41) is 12.0. The van der Waals surface area contributed by atoms with Gasteiger partial charge in [-0.15, -0.1) is 0 Å². The van der Waals surface area contributed by atoms with Crippen molar-refractivity contribution in [3.05, 3.63) is 94.0 Å². The minimum Gasteiger partial charge on any atom is -0.376 e. The lowest BCUT2D eigenvalue weighted by Gasteiger charge is -2.28. The van der Waals surface area contributed by atoms with Gasteiger partial charge in [-0.3, -0.25) is 0 Å². The summed E-state index contributed by atoms with van der Waals surface area (Å²) in [5.74, 6) is 0. The summed E-state index contributed by atoms with van der Waals surface area (Å²) in [6.45, 7) is 10.9. The first-order valence-corrected chi connectivity index (χ1v) is 9.28. The van der Waals surface area contributed by atoms with Crippen molar-refractivity contribution in [2.24, 2.45) is 0 Å². The van der Waals surface area contributed by atoms with Crippen LogP contribution in [0.3, 0.4) is 0 Å². The average Bonchev–Trinajstić information content (AvgIpc) is 2.87. The summed E-state index contributed by atoms with van der Waals surface area (Å²) < 4.78 is 0. The SMILES string of the molecule is Cc1cccc2c1-c1c(C)cccc1C2(O)c1ccc(C(C)(C)C)cc1. The van der Waals surface area contributed by atoms with E-state index in [0.717, 1.165) is 16.7 Å². The molecular weight excluding hydrogens is 316 g/mol. The molecule has 0 saturated heterocycles. The minimum atomic E-state index is -1.10. The zero-order valence-electron chi connectivity index (χ0n) is 16.2. The lowest BCUT2D eigenvalue weighted by molar-refractivity contribution is 0.130. The molecule has 4 rings (SSSR count). The van der Waals surface area contributed by atoms with Crippen LogP contribution in [-0.2, 0) is 11.0 Å².